The van der Waals surface area contributed by atoms with Crippen molar-refractivity contribution in [3.8, 4) is 11.8 Å². The molecule has 13 heteroatoms. The van der Waals surface area contributed by atoms with E-state index in [2.05, 4.69) is 20.3 Å². The Labute approximate surface area is 214 Å². The first kappa shape index (κ1) is 26.1. The fourth-order valence-electron chi connectivity index (χ4n) is 4.03. The van der Waals surface area contributed by atoms with E-state index in [4.69, 9.17) is 21.1 Å². The molecule has 1 unspecified atom stereocenters. The second-order valence-electron chi connectivity index (χ2n) is 7.98. The van der Waals surface area contributed by atoms with Crippen LogP contribution in [-0.2, 0) is 0 Å². The van der Waals surface area contributed by atoms with Crippen molar-refractivity contribution in [3.63, 3.8) is 0 Å². The molecule has 1 amide bonds. The number of piperidine rings is 1. The van der Waals surface area contributed by atoms with Crippen LogP contribution in [-0.4, -0.2) is 58.6 Å². The van der Waals surface area contributed by atoms with E-state index in [9.17, 15) is 18.0 Å². The predicted octanol–water partition coefficient (Wildman–Crippen LogP) is 4.69. The molecule has 0 saturated carbocycles. The molecule has 1 saturated heterocycles. The van der Waals surface area contributed by atoms with Gasteiger partial charge in [-0.2, -0.15) is 0 Å². The van der Waals surface area contributed by atoms with Gasteiger partial charge in [0.25, 0.3) is 12.3 Å². The van der Waals surface area contributed by atoms with Gasteiger partial charge in [-0.15, -0.1) is 11.3 Å². The quantitative estimate of drug-likeness (QED) is 0.420. The number of nitrogens with one attached hydrogen (secondary N) is 1. The van der Waals surface area contributed by atoms with Crippen molar-refractivity contribution in [3.05, 3.63) is 63.1 Å². The topological polar surface area (TPSA) is 89.5 Å². The lowest BCUT2D eigenvalue weighted by molar-refractivity contribution is 0.0679. The van der Waals surface area contributed by atoms with E-state index in [1.807, 2.05) is 4.90 Å². The van der Waals surface area contributed by atoms with E-state index in [-0.39, 0.29) is 28.9 Å². The van der Waals surface area contributed by atoms with Crippen LogP contribution in [0.25, 0.3) is 0 Å². The summed E-state index contributed by atoms with van der Waals surface area (Å²) in [6.45, 7) is 0.989. The van der Waals surface area contributed by atoms with Crippen molar-refractivity contribution < 1.29 is 27.4 Å². The Kier molecular flexibility index (Phi) is 8.60. The number of methoxy groups -OCH3 is 1. The van der Waals surface area contributed by atoms with Crippen LogP contribution in [0.3, 0.4) is 0 Å². The molecule has 0 aliphatic carbocycles. The zero-order chi connectivity index (χ0) is 25.7. The lowest BCUT2D eigenvalue weighted by atomic mass is 10.0. The van der Waals surface area contributed by atoms with Gasteiger partial charge in [0, 0.05) is 19.6 Å². The number of hydrogen-bond donors (Lipinski definition) is 1. The minimum absolute atomic E-state index is 0.0277. The molecule has 0 radical (unpaired) electrons. The number of hydrogen-bond acceptors (Lipinski definition) is 8. The first-order chi connectivity index (χ1) is 17.4. The molecule has 1 aromatic carbocycles. The molecule has 192 valence electrons. The van der Waals surface area contributed by atoms with Crippen LogP contribution in [0, 0.1) is 5.82 Å². The number of ether oxygens (including phenoxy) is 2. The van der Waals surface area contributed by atoms with Crippen LogP contribution in [0.2, 0.25) is 5.02 Å². The second-order valence-corrected chi connectivity index (χ2v) is 9.27. The molecule has 1 N–H and O–H groups in total. The Balaban J connectivity index is 1.47. The predicted molar refractivity (Wildman–Crippen MR) is 127 cm³/mol. The van der Waals surface area contributed by atoms with Crippen molar-refractivity contribution in [2.45, 2.75) is 31.4 Å². The highest BCUT2D eigenvalue weighted by molar-refractivity contribution is 7.09. The van der Waals surface area contributed by atoms with Crippen molar-refractivity contribution in [2.75, 3.05) is 26.7 Å². The Morgan fingerprint density at radius 1 is 1.25 bits per heavy atom. The zero-order valence-electron chi connectivity index (χ0n) is 19.2. The summed E-state index contributed by atoms with van der Waals surface area (Å²) in [4.78, 5) is 26.9. The number of carbonyl (C=O) groups is 1. The van der Waals surface area contributed by atoms with E-state index in [1.54, 1.807) is 6.07 Å². The maximum Gasteiger partial charge on any atom is 0.281 e. The minimum atomic E-state index is -2.76. The lowest BCUT2D eigenvalue weighted by Gasteiger charge is -2.37. The van der Waals surface area contributed by atoms with E-state index in [0.717, 1.165) is 17.4 Å². The maximum absolute atomic E-state index is 14.2. The number of aromatic nitrogens is 3. The summed E-state index contributed by atoms with van der Waals surface area (Å²) in [5, 5.41) is 2.63. The highest BCUT2D eigenvalue weighted by Crippen LogP contribution is 2.35. The summed E-state index contributed by atoms with van der Waals surface area (Å²) >= 11 is 7.10. The fraction of sp³-hybridized carbons (Fsp3) is 0.391. The summed E-state index contributed by atoms with van der Waals surface area (Å²) in [6, 6.07) is 4.94. The number of halogens is 4. The Hall–Kier alpha value is -2.96. The fourth-order valence-corrected chi connectivity index (χ4v) is 5.21. The standard InChI is InChI=1S/C23H23ClF3N5O3S/c1-34-17-9-18(30-11-29-17)35-13-5-7-32(8-6-13)16(21-20(22(26)27)31-12-36-21)10-28-23(33)19-14(24)3-2-4-15(19)25/h2-4,9,11-13,16,22H,5-8,10H2,1H3,(H,28,33). The van der Waals surface area contributed by atoms with Gasteiger partial charge >= 0.3 is 0 Å². The van der Waals surface area contributed by atoms with Gasteiger partial charge in [-0.1, -0.05) is 17.7 Å². The van der Waals surface area contributed by atoms with E-state index in [1.165, 1.54) is 31.1 Å². The van der Waals surface area contributed by atoms with Gasteiger partial charge in [0.2, 0.25) is 11.8 Å². The smallest absolute Gasteiger partial charge is 0.281 e. The molecule has 0 bridgehead atoms. The molecular formula is C23H23ClF3N5O3S. The number of likely N-dealkylation sites (tertiary alicyclic amines) is 1. The van der Waals surface area contributed by atoms with Gasteiger partial charge in [0.1, 0.15) is 23.9 Å². The molecule has 1 aliphatic rings. The molecule has 1 fully saturated rings. The van der Waals surface area contributed by atoms with Crippen LogP contribution >= 0.6 is 22.9 Å². The number of nitrogens with zero attached hydrogens (tertiary/aromatic N) is 4. The minimum Gasteiger partial charge on any atom is -0.481 e. The number of amides is 1. The van der Waals surface area contributed by atoms with E-state index < -0.39 is 24.2 Å². The number of benzene rings is 1. The molecule has 4 rings (SSSR count). The van der Waals surface area contributed by atoms with Gasteiger partial charge in [-0.25, -0.2) is 28.1 Å². The van der Waals surface area contributed by atoms with Crippen LogP contribution in [0.4, 0.5) is 13.2 Å². The molecule has 1 aliphatic heterocycles. The van der Waals surface area contributed by atoms with Crippen LogP contribution in [0.15, 0.2) is 36.1 Å². The summed E-state index contributed by atoms with van der Waals surface area (Å²) in [5.41, 5.74) is 0.746. The average Bonchev–Trinajstić information content (AvgIpc) is 3.35. The number of alkyl halides is 2. The molecule has 3 heterocycles. The van der Waals surface area contributed by atoms with Crippen molar-refractivity contribution in [2.24, 2.45) is 0 Å². The summed E-state index contributed by atoms with van der Waals surface area (Å²) in [7, 11) is 1.50. The highest BCUT2D eigenvalue weighted by Gasteiger charge is 2.32. The third-order valence-electron chi connectivity index (χ3n) is 5.81. The number of rotatable bonds is 9. The molecule has 3 aromatic rings. The van der Waals surface area contributed by atoms with Crippen molar-refractivity contribution in [1.29, 1.82) is 0 Å². The van der Waals surface area contributed by atoms with Crippen molar-refractivity contribution in [1.82, 2.24) is 25.2 Å². The first-order valence-electron chi connectivity index (χ1n) is 11.1. The Morgan fingerprint density at radius 3 is 2.69 bits per heavy atom. The van der Waals surface area contributed by atoms with Crippen LogP contribution in [0.5, 0.6) is 11.8 Å². The molecule has 8 nitrogen and oxygen atoms in total. The van der Waals surface area contributed by atoms with E-state index >= 15 is 0 Å². The number of thiazole rings is 1. The molecular weight excluding hydrogens is 519 g/mol. The van der Waals surface area contributed by atoms with Gasteiger partial charge in [0.15, 0.2) is 0 Å². The zero-order valence-corrected chi connectivity index (χ0v) is 20.7. The van der Waals surface area contributed by atoms with Gasteiger partial charge in [-0.05, 0) is 25.0 Å². The third kappa shape index (κ3) is 6.05. The highest BCUT2D eigenvalue weighted by atomic mass is 35.5. The molecule has 2 aromatic heterocycles. The Morgan fingerprint density at radius 2 is 2.00 bits per heavy atom. The SMILES string of the molecule is COc1cc(OC2CCN(C(CNC(=O)c3c(F)cccc3Cl)c3scnc3C(F)F)CC2)ncn1. The molecule has 36 heavy (non-hydrogen) atoms. The first-order valence-corrected chi connectivity index (χ1v) is 12.3. The normalized spacial score (nSPS) is 15.6. The molecule has 1 atom stereocenters. The summed E-state index contributed by atoms with van der Waals surface area (Å²) < 4.78 is 52.5. The average molecular weight is 542 g/mol. The van der Waals surface area contributed by atoms with Gasteiger partial charge < -0.3 is 14.8 Å². The van der Waals surface area contributed by atoms with Crippen LogP contribution in [0.1, 0.15) is 46.2 Å². The largest absolute Gasteiger partial charge is 0.481 e. The summed E-state index contributed by atoms with van der Waals surface area (Å²) in [6.07, 6.45) is -0.375. The van der Waals surface area contributed by atoms with Gasteiger partial charge in [-0.3, -0.25) is 9.69 Å². The van der Waals surface area contributed by atoms with Gasteiger partial charge in [0.05, 0.1) is 40.2 Å². The Bertz CT molecular complexity index is 1170. The third-order valence-corrected chi connectivity index (χ3v) is 7.07. The monoisotopic (exact) mass is 541 g/mol. The summed E-state index contributed by atoms with van der Waals surface area (Å²) in [5.74, 6) is -0.717. The maximum atomic E-state index is 14.2. The lowest BCUT2D eigenvalue weighted by Crippen LogP contribution is -2.44. The van der Waals surface area contributed by atoms with Crippen molar-refractivity contribution >= 4 is 28.8 Å². The van der Waals surface area contributed by atoms with Crippen LogP contribution < -0.4 is 14.8 Å². The van der Waals surface area contributed by atoms with E-state index in [0.29, 0.717) is 42.6 Å². The molecule has 0 spiro atoms. The number of carbonyl (C=O) groups excluding carboxylic acids is 1. The second kappa shape index (κ2) is 11.8.